The first-order valence-corrected chi connectivity index (χ1v) is 9.97. The summed E-state index contributed by atoms with van der Waals surface area (Å²) in [4.78, 5) is 12.3. The zero-order valence-corrected chi connectivity index (χ0v) is 17.8. The Labute approximate surface area is 179 Å². The van der Waals surface area contributed by atoms with Gasteiger partial charge in [-0.15, -0.1) is 0 Å². The molecule has 0 saturated heterocycles. The van der Waals surface area contributed by atoms with Crippen LogP contribution in [0.2, 0.25) is 5.02 Å². The fourth-order valence-electron chi connectivity index (χ4n) is 3.72. The van der Waals surface area contributed by atoms with Gasteiger partial charge in [0, 0.05) is 28.3 Å². The van der Waals surface area contributed by atoms with Gasteiger partial charge in [0.25, 0.3) is 5.91 Å². The molecule has 0 radical (unpaired) electrons. The van der Waals surface area contributed by atoms with Crippen LogP contribution in [0.5, 0.6) is 0 Å². The van der Waals surface area contributed by atoms with Crippen LogP contribution in [-0.2, 0) is 6.54 Å². The summed E-state index contributed by atoms with van der Waals surface area (Å²) in [6.45, 7) is 13.3. The molecule has 7 heteroatoms. The number of allylic oxidation sites excluding steroid dienone is 2. The minimum Gasteiger partial charge on any atom is -0.464 e. The van der Waals surface area contributed by atoms with E-state index < -0.39 is 11.7 Å². The number of furan rings is 1. The van der Waals surface area contributed by atoms with Gasteiger partial charge in [-0.1, -0.05) is 24.8 Å². The number of hydrogen-bond donors (Lipinski definition) is 3. The largest absolute Gasteiger partial charge is 0.464 e. The molecule has 1 amide bonds. The standard InChI is InChI=1S/C23H23ClFN3O2/c1-11-6-9-17(30-11)21(23(4,5)25)28-20-13(3)12(2)19(20)27-16-8-7-15(24)14-10-26-22(29)18(14)16/h6-9,21,27-28H,2-3,10H2,1,4-5H3,(H,26,29). The van der Waals surface area contributed by atoms with Crippen LogP contribution < -0.4 is 16.0 Å². The fraction of sp³-hybridized carbons (Fsp3) is 0.261. The van der Waals surface area contributed by atoms with Gasteiger partial charge in [-0.3, -0.25) is 4.79 Å². The average molecular weight is 428 g/mol. The van der Waals surface area contributed by atoms with E-state index in [0.29, 0.717) is 56.9 Å². The summed E-state index contributed by atoms with van der Waals surface area (Å²) in [7, 11) is 0. The monoisotopic (exact) mass is 427 g/mol. The zero-order valence-electron chi connectivity index (χ0n) is 17.1. The summed E-state index contributed by atoms with van der Waals surface area (Å²) in [6.07, 6.45) is 0. The third-order valence-corrected chi connectivity index (χ3v) is 5.76. The Morgan fingerprint density at radius 2 is 1.90 bits per heavy atom. The van der Waals surface area contributed by atoms with Gasteiger partial charge in [-0.05, 0) is 45.0 Å². The van der Waals surface area contributed by atoms with E-state index in [9.17, 15) is 4.79 Å². The number of anilines is 1. The molecule has 4 rings (SSSR count). The van der Waals surface area contributed by atoms with Crippen molar-refractivity contribution in [3.05, 3.63) is 87.6 Å². The number of nitrogens with one attached hydrogen (secondary N) is 3. The Balaban J connectivity index is 1.70. The van der Waals surface area contributed by atoms with Gasteiger partial charge in [-0.25, -0.2) is 4.39 Å². The number of halogens is 2. The Morgan fingerprint density at radius 1 is 1.20 bits per heavy atom. The van der Waals surface area contributed by atoms with Crippen molar-refractivity contribution in [2.45, 2.75) is 39.0 Å². The van der Waals surface area contributed by atoms with E-state index in [4.69, 9.17) is 16.0 Å². The van der Waals surface area contributed by atoms with E-state index in [1.54, 1.807) is 24.3 Å². The highest BCUT2D eigenvalue weighted by molar-refractivity contribution is 6.32. The molecular formula is C23H23ClFN3O2. The normalized spacial score (nSPS) is 16.9. The van der Waals surface area contributed by atoms with Crippen molar-refractivity contribution in [1.82, 2.24) is 10.6 Å². The van der Waals surface area contributed by atoms with Crippen LogP contribution in [0, 0.1) is 6.92 Å². The maximum absolute atomic E-state index is 15.0. The molecule has 2 heterocycles. The third-order valence-electron chi connectivity index (χ3n) is 5.41. The van der Waals surface area contributed by atoms with E-state index in [0.717, 1.165) is 5.56 Å². The summed E-state index contributed by atoms with van der Waals surface area (Å²) in [5.74, 6) is 1.000. The van der Waals surface area contributed by atoms with Crippen LogP contribution in [0.3, 0.4) is 0 Å². The Bertz CT molecular complexity index is 1120. The molecule has 1 aromatic heterocycles. The van der Waals surface area contributed by atoms with Gasteiger partial charge in [0.05, 0.1) is 22.6 Å². The molecule has 1 aliphatic carbocycles. The molecule has 1 atom stereocenters. The molecule has 1 unspecified atom stereocenters. The number of rotatable bonds is 6. The minimum atomic E-state index is -1.61. The molecule has 0 spiro atoms. The molecule has 30 heavy (non-hydrogen) atoms. The predicted octanol–water partition coefficient (Wildman–Crippen LogP) is 5.31. The minimum absolute atomic E-state index is 0.192. The number of hydrogen-bond acceptors (Lipinski definition) is 4. The van der Waals surface area contributed by atoms with Gasteiger partial charge in [-0.2, -0.15) is 0 Å². The first-order chi connectivity index (χ1) is 14.1. The van der Waals surface area contributed by atoms with E-state index in [1.165, 1.54) is 13.8 Å². The second-order valence-electron chi connectivity index (χ2n) is 8.05. The van der Waals surface area contributed by atoms with Crippen molar-refractivity contribution in [2.75, 3.05) is 5.32 Å². The quantitative estimate of drug-likeness (QED) is 0.584. The SMILES string of the molecule is C=C1C(=C)C(NC(c2ccc(C)o2)C(C)(C)F)=C1Nc1ccc(Cl)c2c1C(=O)NC2. The van der Waals surface area contributed by atoms with Crippen LogP contribution in [0.1, 0.15) is 47.3 Å². The molecule has 0 saturated carbocycles. The summed E-state index contributed by atoms with van der Waals surface area (Å²) in [5, 5.41) is 9.81. The number of benzene rings is 1. The number of alkyl halides is 1. The maximum atomic E-state index is 15.0. The van der Waals surface area contributed by atoms with Crippen LogP contribution >= 0.6 is 11.6 Å². The van der Waals surface area contributed by atoms with E-state index in [2.05, 4.69) is 29.1 Å². The number of fused-ring (bicyclic) bond motifs is 1. The molecule has 0 bridgehead atoms. The van der Waals surface area contributed by atoms with Crippen molar-refractivity contribution >= 4 is 23.2 Å². The summed E-state index contributed by atoms with van der Waals surface area (Å²) < 4.78 is 20.7. The van der Waals surface area contributed by atoms with Gasteiger partial charge >= 0.3 is 0 Å². The Morgan fingerprint density at radius 3 is 2.53 bits per heavy atom. The molecule has 156 valence electrons. The van der Waals surface area contributed by atoms with Crippen molar-refractivity contribution < 1.29 is 13.6 Å². The van der Waals surface area contributed by atoms with Crippen molar-refractivity contribution in [1.29, 1.82) is 0 Å². The second-order valence-corrected chi connectivity index (χ2v) is 8.46. The average Bonchev–Trinajstić information content (AvgIpc) is 3.28. The lowest BCUT2D eigenvalue weighted by Crippen LogP contribution is -2.39. The van der Waals surface area contributed by atoms with Crippen molar-refractivity contribution in [3.8, 4) is 0 Å². The highest BCUT2D eigenvalue weighted by atomic mass is 35.5. The highest BCUT2D eigenvalue weighted by Gasteiger charge is 2.38. The second kappa shape index (κ2) is 7.06. The Kier molecular flexibility index (Phi) is 4.77. The van der Waals surface area contributed by atoms with Gasteiger partial charge < -0.3 is 20.4 Å². The summed E-state index contributed by atoms with van der Waals surface area (Å²) in [6, 6.07) is 6.31. The van der Waals surface area contributed by atoms with E-state index in [1.807, 2.05) is 6.92 Å². The highest BCUT2D eigenvalue weighted by Crippen LogP contribution is 2.41. The van der Waals surface area contributed by atoms with Crippen LogP contribution in [0.25, 0.3) is 0 Å². The molecule has 0 fully saturated rings. The lowest BCUT2D eigenvalue weighted by atomic mass is 9.87. The van der Waals surface area contributed by atoms with Crippen molar-refractivity contribution in [3.63, 3.8) is 0 Å². The molecule has 5 nitrogen and oxygen atoms in total. The van der Waals surface area contributed by atoms with Crippen LogP contribution in [0.4, 0.5) is 10.1 Å². The van der Waals surface area contributed by atoms with Crippen LogP contribution in [0.15, 0.2) is 64.4 Å². The molecule has 3 N–H and O–H groups in total. The van der Waals surface area contributed by atoms with E-state index >= 15 is 4.39 Å². The van der Waals surface area contributed by atoms with Crippen LogP contribution in [-0.4, -0.2) is 11.6 Å². The lowest BCUT2D eigenvalue weighted by molar-refractivity contribution is 0.0966. The number of amides is 1. The summed E-state index contributed by atoms with van der Waals surface area (Å²) in [5.41, 5.74) is 2.89. The maximum Gasteiger partial charge on any atom is 0.254 e. The number of carbonyl (C=O) groups is 1. The van der Waals surface area contributed by atoms with E-state index in [-0.39, 0.29) is 5.91 Å². The molecule has 2 aliphatic rings. The molecule has 1 aliphatic heterocycles. The molecule has 1 aromatic carbocycles. The lowest BCUT2D eigenvalue weighted by Gasteiger charge is -2.36. The Hall–Kier alpha value is -2.99. The number of carbonyl (C=O) groups excluding carboxylic acids is 1. The fourth-order valence-corrected chi connectivity index (χ4v) is 3.95. The topological polar surface area (TPSA) is 66.3 Å². The number of aryl methyl sites for hydroxylation is 1. The molecular weight excluding hydrogens is 405 g/mol. The van der Waals surface area contributed by atoms with Crippen molar-refractivity contribution in [2.24, 2.45) is 0 Å². The predicted molar refractivity (Wildman–Crippen MR) is 116 cm³/mol. The summed E-state index contributed by atoms with van der Waals surface area (Å²) >= 11 is 6.23. The third kappa shape index (κ3) is 3.31. The zero-order chi connectivity index (χ0) is 21.8. The first-order valence-electron chi connectivity index (χ1n) is 9.59. The van der Waals surface area contributed by atoms with Gasteiger partial charge in [0.15, 0.2) is 0 Å². The van der Waals surface area contributed by atoms with Gasteiger partial charge in [0.2, 0.25) is 0 Å². The smallest absolute Gasteiger partial charge is 0.254 e. The molecule has 2 aromatic rings. The van der Waals surface area contributed by atoms with Gasteiger partial charge in [0.1, 0.15) is 23.2 Å². The first kappa shape index (κ1) is 20.3.